The van der Waals surface area contributed by atoms with Crippen LogP contribution in [0.4, 0.5) is 0 Å². The van der Waals surface area contributed by atoms with E-state index in [0.717, 1.165) is 12.8 Å². The van der Waals surface area contributed by atoms with Crippen molar-refractivity contribution in [1.82, 2.24) is 9.62 Å². The highest BCUT2D eigenvalue weighted by atomic mass is 79.9. The second-order valence-electron chi connectivity index (χ2n) is 7.15. The average Bonchev–Trinajstić information content (AvgIpc) is 2.64. The van der Waals surface area contributed by atoms with Crippen molar-refractivity contribution in [2.75, 3.05) is 13.1 Å². The standard InChI is InChI=1S/C18H25BrN2O4S/c19-16-5-1-2-6-17(16)26(24,25)21-11-3-4-13(12-21)18(23)20-14-7-9-15(22)10-8-14/h1-2,5-6,13-15,22H,3-4,7-12H2,(H,20,23)/t13-,14?,15?/m0/s1. The van der Waals surface area contributed by atoms with E-state index >= 15 is 0 Å². The summed E-state index contributed by atoms with van der Waals surface area (Å²) in [5.74, 6) is -0.397. The van der Waals surface area contributed by atoms with Crippen LogP contribution in [-0.4, -0.2) is 49.0 Å². The summed E-state index contributed by atoms with van der Waals surface area (Å²) >= 11 is 3.31. The molecule has 0 spiro atoms. The SMILES string of the molecule is O=C(NC1CCC(O)CC1)[C@H]1CCCN(S(=O)(=O)c2ccccc2Br)C1. The van der Waals surface area contributed by atoms with Crippen LogP contribution in [0, 0.1) is 5.92 Å². The van der Waals surface area contributed by atoms with Gasteiger partial charge in [-0.1, -0.05) is 12.1 Å². The fraction of sp³-hybridized carbons (Fsp3) is 0.611. The minimum atomic E-state index is -3.63. The molecule has 3 rings (SSSR count). The van der Waals surface area contributed by atoms with Crippen LogP contribution in [0.25, 0.3) is 0 Å². The number of rotatable bonds is 4. The predicted molar refractivity (Wildman–Crippen MR) is 102 cm³/mol. The van der Waals surface area contributed by atoms with Crippen LogP contribution >= 0.6 is 15.9 Å². The molecule has 26 heavy (non-hydrogen) atoms. The number of benzene rings is 1. The molecule has 1 amide bonds. The van der Waals surface area contributed by atoms with Crippen LogP contribution in [0.3, 0.4) is 0 Å². The number of amides is 1. The molecule has 6 nitrogen and oxygen atoms in total. The van der Waals surface area contributed by atoms with Crippen molar-refractivity contribution in [3.05, 3.63) is 28.7 Å². The second-order valence-corrected chi connectivity index (χ2v) is 9.91. The van der Waals surface area contributed by atoms with Crippen molar-refractivity contribution in [2.45, 2.75) is 55.6 Å². The number of nitrogens with one attached hydrogen (secondary N) is 1. The van der Waals surface area contributed by atoms with Crippen LogP contribution in [0.15, 0.2) is 33.6 Å². The van der Waals surface area contributed by atoms with Crippen LogP contribution in [0.2, 0.25) is 0 Å². The molecular weight excluding hydrogens is 420 g/mol. The van der Waals surface area contributed by atoms with Gasteiger partial charge in [0.2, 0.25) is 15.9 Å². The number of aliphatic hydroxyl groups excluding tert-OH is 1. The Balaban J connectivity index is 1.65. The van der Waals surface area contributed by atoms with Crippen molar-refractivity contribution in [3.8, 4) is 0 Å². The Hall–Kier alpha value is -0.960. The number of carbonyl (C=O) groups is 1. The molecule has 0 aromatic heterocycles. The molecule has 0 unspecified atom stereocenters. The summed E-state index contributed by atoms with van der Waals surface area (Å²) in [6, 6.07) is 6.84. The Morgan fingerprint density at radius 1 is 1.15 bits per heavy atom. The highest BCUT2D eigenvalue weighted by Gasteiger charge is 2.35. The Kier molecular flexibility index (Phi) is 6.37. The lowest BCUT2D eigenvalue weighted by Crippen LogP contribution is -2.48. The van der Waals surface area contributed by atoms with Gasteiger partial charge >= 0.3 is 0 Å². The minimum absolute atomic E-state index is 0.0709. The van der Waals surface area contributed by atoms with E-state index in [2.05, 4.69) is 21.2 Å². The van der Waals surface area contributed by atoms with E-state index in [-0.39, 0.29) is 35.4 Å². The van der Waals surface area contributed by atoms with Crippen LogP contribution in [0.1, 0.15) is 38.5 Å². The van der Waals surface area contributed by atoms with Gasteiger partial charge in [-0.3, -0.25) is 4.79 Å². The molecule has 1 atom stereocenters. The number of carbonyl (C=O) groups excluding carboxylic acids is 1. The van der Waals surface area contributed by atoms with Crippen LogP contribution in [0.5, 0.6) is 0 Å². The molecule has 144 valence electrons. The molecule has 2 N–H and O–H groups in total. The predicted octanol–water partition coefficient (Wildman–Crippen LogP) is 2.27. The van der Waals surface area contributed by atoms with Gasteiger partial charge in [0.15, 0.2) is 0 Å². The number of sulfonamides is 1. The largest absolute Gasteiger partial charge is 0.393 e. The van der Waals surface area contributed by atoms with E-state index < -0.39 is 10.0 Å². The third-order valence-corrected chi connectivity index (χ3v) is 8.13. The fourth-order valence-corrected chi connectivity index (χ4v) is 6.19. The zero-order valence-electron chi connectivity index (χ0n) is 14.6. The molecule has 1 saturated carbocycles. The molecular formula is C18H25BrN2O4S. The number of nitrogens with zero attached hydrogens (tertiary/aromatic N) is 1. The molecule has 1 aromatic rings. The van der Waals surface area contributed by atoms with Gasteiger partial charge in [0, 0.05) is 23.6 Å². The van der Waals surface area contributed by atoms with E-state index in [1.807, 2.05) is 0 Å². The molecule has 1 aliphatic heterocycles. The molecule has 0 radical (unpaired) electrons. The van der Waals surface area contributed by atoms with Gasteiger partial charge in [-0.25, -0.2) is 8.42 Å². The topological polar surface area (TPSA) is 86.7 Å². The molecule has 0 bridgehead atoms. The van der Waals surface area contributed by atoms with Gasteiger partial charge in [-0.05, 0) is 66.6 Å². The van der Waals surface area contributed by atoms with E-state index in [4.69, 9.17) is 0 Å². The maximum atomic E-state index is 12.9. The Morgan fingerprint density at radius 3 is 2.54 bits per heavy atom. The third-order valence-electron chi connectivity index (χ3n) is 5.25. The van der Waals surface area contributed by atoms with Gasteiger partial charge in [-0.15, -0.1) is 0 Å². The average molecular weight is 445 g/mol. The first-order valence-corrected chi connectivity index (χ1v) is 11.3. The number of hydrogen-bond donors (Lipinski definition) is 2. The van der Waals surface area contributed by atoms with Gasteiger partial charge < -0.3 is 10.4 Å². The maximum Gasteiger partial charge on any atom is 0.244 e. The smallest absolute Gasteiger partial charge is 0.244 e. The lowest BCUT2D eigenvalue weighted by Gasteiger charge is -2.33. The molecule has 2 fully saturated rings. The van der Waals surface area contributed by atoms with E-state index in [0.29, 0.717) is 36.7 Å². The molecule has 2 aliphatic rings. The lowest BCUT2D eigenvalue weighted by molar-refractivity contribution is -0.127. The van der Waals surface area contributed by atoms with Crippen molar-refractivity contribution >= 4 is 31.9 Å². The molecule has 1 aliphatic carbocycles. The Bertz CT molecular complexity index is 747. The van der Waals surface area contributed by atoms with Crippen molar-refractivity contribution < 1.29 is 18.3 Å². The molecule has 8 heteroatoms. The van der Waals surface area contributed by atoms with Gasteiger partial charge in [-0.2, -0.15) is 4.31 Å². The summed E-state index contributed by atoms with van der Waals surface area (Å²) in [4.78, 5) is 12.9. The summed E-state index contributed by atoms with van der Waals surface area (Å²) in [6.45, 7) is 0.647. The molecule has 1 heterocycles. The van der Waals surface area contributed by atoms with Gasteiger partial charge in [0.1, 0.15) is 0 Å². The Labute approximate surface area is 163 Å². The monoisotopic (exact) mass is 444 g/mol. The summed E-state index contributed by atoms with van der Waals surface area (Å²) in [5, 5.41) is 12.6. The zero-order chi connectivity index (χ0) is 18.7. The summed E-state index contributed by atoms with van der Waals surface area (Å²) in [6.07, 6.45) is 4.07. The number of piperidine rings is 1. The fourth-order valence-electron chi connectivity index (χ4n) is 3.71. The first kappa shape index (κ1) is 19.8. The quantitative estimate of drug-likeness (QED) is 0.745. The van der Waals surface area contributed by atoms with Crippen molar-refractivity contribution in [3.63, 3.8) is 0 Å². The van der Waals surface area contributed by atoms with Crippen molar-refractivity contribution in [1.29, 1.82) is 0 Å². The summed E-state index contributed by atoms with van der Waals surface area (Å²) in [7, 11) is -3.63. The van der Waals surface area contributed by atoms with Crippen LogP contribution in [-0.2, 0) is 14.8 Å². The van der Waals surface area contributed by atoms with Gasteiger partial charge in [0.05, 0.1) is 16.9 Å². The lowest BCUT2D eigenvalue weighted by atomic mass is 9.92. The normalized spacial score (nSPS) is 27.8. The summed E-state index contributed by atoms with van der Waals surface area (Å²) < 4.78 is 27.8. The van der Waals surface area contributed by atoms with E-state index in [1.54, 1.807) is 24.3 Å². The Morgan fingerprint density at radius 2 is 1.85 bits per heavy atom. The summed E-state index contributed by atoms with van der Waals surface area (Å²) in [5.41, 5.74) is 0. The highest BCUT2D eigenvalue weighted by molar-refractivity contribution is 9.10. The third kappa shape index (κ3) is 4.47. The number of halogens is 1. The maximum absolute atomic E-state index is 12.9. The molecule has 1 saturated heterocycles. The van der Waals surface area contributed by atoms with Crippen molar-refractivity contribution in [2.24, 2.45) is 5.92 Å². The zero-order valence-corrected chi connectivity index (χ0v) is 17.0. The first-order chi connectivity index (χ1) is 12.4. The number of hydrogen-bond acceptors (Lipinski definition) is 4. The van der Waals surface area contributed by atoms with Gasteiger partial charge in [0.25, 0.3) is 0 Å². The minimum Gasteiger partial charge on any atom is -0.393 e. The van der Waals surface area contributed by atoms with E-state index in [1.165, 1.54) is 4.31 Å². The number of aliphatic hydroxyl groups is 1. The van der Waals surface area contributed by atoms with E-state index in [9.17, 15) is 18.3 Å². The molecule has 1 aromatic carbocycles. The highest BCUT2D eigenvalue weighted by Crippen LogP contribution is 2.28. The second kappa shape index (κ2) is 8.37. The first-order valence-electron chi connectivity index (χ1n) is 9.11. The van der Waals surface area contributed by atoms with Crippen LogP contribution < -0.4 is 5.32 Å².